The predicted molar refractivity (Wildman–Crippen MR) is 86.8 cm³/mol. The molecule has 0 unspecified atom stereocenters. The zero-order valence-corrected chi connectivity index (χ0v) is 12.9. The second-order valence-electron chi connectivity index (χ2n) is 4.65. The topological polar surface area (TPSA) is 68.1 Å². The second-order valence-corrected chi connectivity index (χ2v) is 5.57. The molecule has 0 aliphatic heterocycles. The standard InChI is InChI=1S/C16H13BrN2O2/c1-21-16-10(3-2-4-13(16)18)15(20)12-8-19-14-6-5-9(17)7-11(12)14/h2-8,19H,18H2,1H3. The summed E-state index contributed by atoms with van der Waals surface area (Å²) in [4.78, 5) is 15.9. The van der Waals surface area contributed by atoms with Gasteiger partial charge in [-0.05, 0) is 30.3 Å². The molecule has 0 saturated heterocycles. The van der Waals surface area contributed by atoms with Crippen LogP contribution in [0.1, 0.15) is 15.9 Å². The van der Waals surface area contributed by atoms with Gasteiger partial charge in [-0.1, -0.05) is 22.0 Å². The number of hydrogen-bond acceptors (Lipinski definition) is 3. The van der Waals surface area contributed by atoms with Gasteiger partial charge in [-0.2, -0.15) is 0 Å². The Labute approximate surface area is 130 Å². The van der Waals surface area contributed by atoms with E-state index < -0.39 is 0 Å². The van der Waals surface area contributed by atoms with Crippen LogP contribution in [0.3, 0.4) is 0 Å². The maximum Gasteiger partial charge on any atom is 0.198 e. The van der Waals surface area contributed by atoms with Gasteiger partial charge in [0.25, 0.3) is 0 Å². The van der Waals surface area contributed by atoms with E-state index in [4.69, 9.17) is 10.5 Å². The van der Waals surface area contributed by atoms with E-state index in [1.165, 1.54) is 7.11 Å². The maximum atomic E-state index is 12.8. The summed E-state index contributed by atoms with van der Waals surface area (Å²) in [6.07, 6.45) is 1.71. The quantitative estimate of drug-likeness (QED) is 0.561. The lowest BCUT2D eigenvalue weighted by Crippen LogP contribution is -2.05. The van der Waals surface area contributed by atoms with Gasteiger partial charge in [-0.3, -0.25) is 4.79 Å². The zero-order valence-electron chi connectivity index (χ0n) is 11.3. The fourth-order valence-corrected chi connectivity index (χ4v) is 2.75. The average Bonchev–Trinajstić information content (AvgIpc) is 2.89. The van der Waals surface area contributed by atoms with Gasteiger partial charge in [0.2, 0.25) is 0 Å². The number of nitrogen functional groups attached to an aromatic ring is 1. The van der Waals surface area contributed by atoms with Gasteiger partial charge >= 0.3 is 0 Å². The number of carbonyl (C=O) groups excluding carboxylic acids is 1. The zero-order chi connectivity index (χ0) is 15.0. The Hall–Kier alpha value is -2.27. The summed E-state index contributed by atoms with van der Waals surface area (Å²) in [6, 6.07) is 10.9. The van der Waals surface area contributed by atoms with Crippen molar-refractivity contribution in [2.75, 3.05) is 12.8 Å². The summed E-state index contributed by atoms with van der Waals surface area (Å²) >= 11 is 3.43. The molecule has 2 aromatic carbocycles. The van der Waals surface area contributed by atoms with Gasteiger partial charge in [0.1, 0.15) is 0 Å². The number of benzene rings is 2. The molecule has 3 rings (SSSR count). The Morgan fingerprint density at radius 3 is 2.81 bits per heavy atom. The van der Waals surface area contributed by atoms with Crippen LogP contribution in [0.15, 0.2) is 47.1 Å². The van der Waals surface area contributed by atoms with Crippen molar-refractivity contribution in [1.82, 2.24) is 4.98 Å². The third kappa shape index (κ3) is 2.29. The molecule has 0 amide bonds. The lowest BCUT2D eigenvalue weighted by atomic mass is 10.0. The highest BCUT2D eigenvalue weighted by molar-refractivity contribution is 9.10. The first-order valence-corrected chi connectivity index (χ1v) is 7.15. The van der Waals surface area contributed by atoms with E-state index in [1.54, 1.807) is 24.4 Å². The fraction of sp³-hybridized carbons (Fsp3) is 0.0625. The van der Waals surface area contributed by atoms with Crippen molar-refractivity contribution in [2.24, 2.45) is 0 Å². The molecule has 0 saturated carbocycles. The minimum atomic E-state index is -0.122. The van der Waals surface area contributed by atoms with Gasteiger partial charge in [-0.25, -0.2) is 0 Å². The second kappa shape index (κ2) is 5.26. The Bertz CT molecular complexity index is 839. The number of methoxy groups -OCH3 is 1. The highest BCUT2D eigenvalue weighted by Gasteiger charge is 2.19. The third-order valence-corrected chi connectivity index (χ3v) is 3.88. The molecular weight excluding hydrogens is 332 g/mol. The number of nitrogens with one attached hydrogen (secondary N) is 1. The lowest BCUT2D eigenvalue weighted by Gasteiger charge is -2.09. The summed E-state index contributed by atoms with van der Waals surface area (Å²) < 4.78 is 6.19. The summed E-state index contributed by atoms with van der Waals surface area (Å²) in [5.74, 6) is 0.287. The van der Waals surface area contributed by atoms with Gasteiger partial charge in [0.05, 0.1) is 18.4 Å². The number of H-pyrrole nitrogens is 1. The van der Waals surface area contributed by atoms with E-state index >= 15 is 0 Å². The Morgan fingerprint density at radius 2 is 2.05 bits per heavy atom. The molecule has 4 nitrogen and oxygen atoms in total. The third-order valence-electron chi connectivity index (χ3n) is 3.38. The molecule has 21 heavy (non-hydrogen) atoms. The van der Waals surface area contributed by atoms with Crippen LogP contribution in [0.25, 0.3) is 10.9 Å². The van der Waals surface area contributed by atoms with Gasteiger partial charge in [0.15, 0.2) is 11.5 Å². The van der Waals surface area contributed by atoms with E-state index in [0.29, 0.717) is 22.6 Å². The molecule has 0 fully saturated rings. The minimum Gasteiger partial charge on any atom is -0.494 e. The van der Waals surface area contributed by atoms with Crippen LogP contribution in [0.4, 0.5) is 5.69 Å². The van der Waals surface area contributed by atoms with Crippen LogP contribution < -0.4 is 10.5 Å². The number of aromatic nitrogens is 1. The number of rotatable bonds is 3. The van der Waals surface area contributed by atoms with Crippen LogP contribution in [0.2, 0.25) is 0 Å². The molecule has 3 aromatic rings. The molecule has 1 heterocycles. The number of ketones is 1. The van der Waals surface area contributed by atoms with E-state index in [1.807, 2.05) is 18.2 Å². The van der Waals surface area contributed by atoms with Gasteiger partial charge < -0.3 is 15.5 Å². The molecule has 3 N–H and O–H groups in total. The van der Waals surface area contributed by atoms with Gasteiger partial charge in [-0.15, -0.1) is 0 Å². The summed E-state index contributed by atoms with van der Waals surface area (Å²) in [5.41, 5.74) is 8.27. The molecule has 0 aliphatic rings. The number of nitrogens with two attached hydrogens (primary N) is 1. The highest BCUT2D eigenvalue weighted by atomic mass is 79.9. The van der Waals surface area contributed by atoms with Crippen molar-refractivity contribution in [1.29, 1.82) is 0 Å². The van der Waals surface area contributed by atoms with Crippen molar-refractivity contribution >= 4 is 38.3 Å². The molecule has 5 heteroatoms. The van der Waals surface area contributed by atoms with E-state index in [2.05, 4.69) is 20.9 Å². The number of ether oxygens (including phenoxy) is 1. The number of aromatic amines is 1. The molecule has 106 valence electrons. The maximum absolute atomic E-state index is 12.8. The predicted octanol–water partition coefficient (Wildman–Crippen LogP) is 3.75. The van der Waals surface area contributed by atoms with Crippen LogP contribution in [0, 0.1) is 0 Å². The summed E-state index contributed by atoms with van der Waals surface area (Å²) in [6.45, 7) is 0. The number of carbonyl (C=O) groups is 1. The Kier molecular flexibility index (Phi) is 3.43. The molecule has 0 atom stereocenters. The number of para-hydroxylation sites is 1. The molecular formula is C16H13BrN2O2. The molecule has 0 radical (unpaired) electrons. The normalized spacial score (nSPS) is 10.8. The molecule has 1 aromatic heterocycles. The van der Waals surface area contributed by atoms with E-state index in [-0.39, 0.29) is 5.78 Å². The first-order chi connectivity index (χ1) is 10.1. The number of anilines is 1. The Balaban J connectivity index is 2.17. The number of fused-ring (bicyclic) bond motifs is 1. The van der Waals surface area contributed by atoms with Crippen LogP contribution in [0.5, 0.6) is 5.75 Å². The monoisotopic (exact) mass is 344 g/mol. The molecule has 0 aliphatic carbocycles. The fourth-order valence-electron chi connectivity index (χ4n) is 2.39. The van der Waals surface area contributed by atoms with Crippen LogP contribution >= 0.6 is 15.9 Å². The number of hydrogen-bond donors (Lipinski definition) is 2. The molecule has 0 bridgehead atoms. The number of halogens is 1. The first kappa shape index (κ1) is 13.7. The van der Waals surface area contributed by atoms with Crippen molar-refractivity contribution < 1.29 is 9.53 Å². The van der Waals surface area contributed by atoms with Crippen molar-refractivity contribution in [2.45, 2.75) is 0 Å². The highest BCUT2D eigenvalue weighted by Crippen LogP contribution is 2.31. The van der Waals surface area contributed by atoms with Crippen molar-refractivity contribution in [3.63, 3.8) is 0 Å². The van der Waals surface area contributed by atoms with Crippen molar-refractivity contribution in [3.8, 4) is 5.75 Å². The lowest BCUT2D eigenvalue weighted by molar-refractivity contribution is 0.103. The first-order valence-electron chi connectivity index (χ1n) is 6.35. The van der Waals surface area contributed by atoms with Crippen LogP contribution in [-0.4, -0.2) is 17.9 Å². The minimum absolute atomic E-state index is 0.122. The summed E-state index contributed by atoms with van der Waals surface area (Å²) in [5, 5.41) is 0.860. The van der Waals surface area contributed by atoms with E-state index in [0.717, 1.165) is 15.4 Å². The average molecular weight is 345 g/mol. The molecule has 0 spiro atoms. The largest absolute Gasteiger partial charge is 0.494 e. The van der Waals surface area contributed by atoms with Crippen LogP contribution in [-0.2, 0) is 0 Å². The van der Waals surface area contributed by atoms with Crippen molar-refractivity contribution in [3.05, 3.63) is 58.2 Å². The van der Waals surface area contributed by atoms with E-state index in [9.17, 15) is 4.79 Å². The Morgan fingerprint density at radius 1 is 1.24 bits per heavy atom. The smallest absolute Gasteiger partial charge is 0.198 e. The summed E-state index contributed by atoms with van der Waals surface area (Å²) in [7, 11) is 1.51. The SMILES string of the molecule is COc1c(N)cccc1C(=O)c1c[nH]c2ccc(Br)cc12. The van der Waals surface area contributed by atoms with Gasteiger partial charge in [0, 0.05) is 27.1 Å².